The lowest BCUT2D eigenvalue weighted by Gasteiger charge is -1.90. The predicted molar refractivity (Wildman–Crippen MR) is 42.4 cm³/mol. The minimum atomic E-state index is 0.500. The second-order valence-electron chi connectivity index (χ2n) is 1.56. The van der Waals surface area contributed by atoms with E-state index < -0.39 is 0 Å². The van der Waals surface area contributed by atoms with Gasteiger partial charge in [-0.25, -0.2) is 0 Å². The summed E-state index contributed by atoms with van der Waals surface area (Å²) in [5, 5.41) is 3.32. The van der Waals surface area contributed by atoms with Crippen molar-refractivity contribution in [3.05, 3.63) is 0 Å². The Morgan fingerprint density at radius 3 is 3.57 bits per heavy atom. The van der Waals surface area contributed by atoms with Crippen molar-refractivity contribution in [2.75, 3.05) is 17.5 Å². The van der Waals surface area contributed by atoms with Crippen LogP contribution in [0.15, 0.2) is 0 Å². The quantitative estimate of drug-likeness (QED) is 0.460. The third-order valence-electron chi connectivity index (χ3n) is 0.927. The molecular weight excluding hydrogens is 201 g/mol. The third kappa shape index (κ3) is 2.39. The van der Waals surface area contributed by atoms with Crippen LogP contribution in [0.1, 0.15) is 6.42 Å². The van der Waals surface area contributed by atoms with Crippen LogP contribution in [0, 0.1) is 0 Å². The van der Waals surface area contributed by atoms with Gasteiger partial charge in [0, 0.05) is 6.54 Å². The predicted octanol–water partition coefficient (Wildman–Crippen LogP) is 0.753. The lowest BCUT2D eigenvalue weighted by Crippen LogP contribution is -2.15. The minimum absolute atomic E-state index is 0.500. The van der Waals surface area contributed by atoms with Crippen LogP contribution in [0.2, 0.25) is 0 Å². The largest absolute Gasteiger partial charge is 0.313 e. The van der Waals surface area contributed by atoms with E-state index in [1.807, 2.05) is 0 Å². The second kappa shape index (κ2) is 3.55. The molecule has 0 fully saturated rings. The molecule has 7 heavy (non-hydrogen) atoms. The summed E-state index contributed by atoms with van der Waals surface area (Å²) < 4.78 is 3.91. The molecule has 1 aliphatic heterocycles. The molecule has 0 unspecified atom stereocenters. The second-order valence-corrected chi connectivity index (χ2v) is 4.40. The van der Waals surface area contributed by atoms with Gasteiger partial charge in [-0.15, -0.1) is 20.7 Å². The Labute approximate surface area is 54.2 Å². The number of rotatable bonds is 0. The number of halogens is 1. The summed E-state index contributed by atoms with van der Waals surface area (Å²) in [4.78, 5) is 0. The Balaban J connectivity index is 2.20. The summed E-state index contributed by atoms with van der Waals surface area (Å²) in [6, 6.07) is 0. The Kier molecular flexibility index (Phi) is 2.89. The summed E-state index contributed by atoms with van der Waals surface area (Å²) >= 11 is 0.500. The molecule has 0 amide bonds. The molecule has 1 heterocycles. The molecule has 1 N–H and O–H groups in total. The van der Waals surface area contributed by atoms with Gasteiger partial charge in [0.2, 0.25) is 0 Å². The highest BCUT2D eigenvalue weighted by Crippen LogP contribution is 1.98. The highest BCUT2D eigenvalue weighted by molar-refractivity contribution is 14.2. The van der Waals surface area contributed by atoms with Crippen LogP contribution in [0.5, 0.6) is 0 Å². The first-order valence-electron chi connectivity index (χ1n) is 2.60. The van der Waals surface area contributed by atoms with Crippen LogP contribution >= 0.6 is 20.7 Å². The molecular formula is C5H10IN. The molecule has 0 bridgehead atoms. The molecule has 1 nitrogen and oxygen atoms in total. The maximum atomic E-state index is 3.32. The van der Waals surface area contributed by atoms with Gasteiger partial charge in [-0.05, 0) is 21.4 Å². The van der Waals surface area contributed by atoms with Crippen molar-refractivity contribution in [2.45, 2.75) is 6.42 Å². The molecule has 0 aliphatic carbocycles. The summed E-state index contributed by atoms with van der Waals surface area (Å²) in [5.74, 6) is 0. The molecule has 1 aliphatic rings. The van der Waals surface area contributed by atoms with Crippen LogP contribution in [0.4, 0.5) is 0 Å². The standard InChI is InChI=1S/C5H10IN/c1-2-6-3-5-7-4-1/h3,7H,1-2,4-5H2. The number of hydrogen-bond acceptors (Lipinski definition) is 1. The van der Waals surface area contributed by atoms with Gasteiger partial charge in [0.05, 0.1) is 0 Å². The molecule has 0 aromatic heterocycles. The van der Waals surface area contributed by atoms with E-state index in [9.17, 15) is 0 Å². The number of alkyl halides is 1. The Hall–Kier alpha value is 0.560. The van der Waals surface area contributed by atoms with Crippen molar-refractivity contribution in [1.82, 2.24) is 5.32 Å². The van der Waals surface area contributed by atoms with E-state index in [0.717, 1.165) is 0 Å². The minimum Gasteiger partial charge on any atom is -0.313 e. The van der Waals surface area contributed by atoms with E-state index in [4.69, 9.17) is 0 Å². The summed E-state index contributed by atoms with van der Waals surface area (Å²) in [6.45, 7) is 2.42. The maximum absolute atomic E-state index is 3.32. The first-order chi connectivity index (χ1) is 3.50. The average molecular weight is 211 g/mol. The molecule has 1 rings (SSSR count). The van der Waals surface area contributed by atoms with E-state index in [-0.39, 0.29) is 0 Å². The zero-order valence-electron chi connectivity index (χ0n) is 4.28. The molecule has 0 spiro atoms. The van der Waals surface area contributed by atoms with Crippen molar-refractivity contribution in [1.29, 1.82) is 0 Å². The summed E-state index contributed by atoms with van der Waals surface area (Å²) in [5.41, 5.74) is 0. The SMILES string of the molecule is C1=ICCCNC1. The molecule has 0 aromatic rings. The lowest BCUT2D eigenvalue weighted by molar-refractivity contribution is 0.760. The van der Waals surface area contributed by atoms with Crippen LogP contribution in [0.3, 0.4) is 0 Å². The van der Waals surface area contributed by atoms with Gasteiger partial charge >= 0.3 is 0 Å². The van der Waals surface area contributed by atoms with Gasteiger partial charge in [0.15, 0.2) is 0 Å². The van der Waals surface area contributed by atoms with Gasteiger partial charge in [0.25, 0.3) is 0 Å². The van der Waals surface area contributed by atoms with Crippen molar-refractivity contribution in [3.63, 3.8) is 0 Å². The fourth-order valence-corrected chi connectivity index (χ4v) is 2.44. The highest BCUT2D eigenvalue weighted by atomic mass is 127. The van der Waals surface area contributed by atoms with Gasteiger partial charge in [-0.1, -0.05) is 0 Å². The van der Waals surface area contributed by atoms with E-state index in [0.29, 0.717) is 20.7 Å². The van der Waals surface area contributed by atoms with E-state index in [1.54, 1.807) is 0 Å². The van der Waals surface area contributed by atoms with Gasteiger partial charge in [0.1, 0.15) is 0 Å². The van der Waals surface area contributed by atoms with E-state index in [2.05, 4.69) is 9.33 Å². The smallest absolute Gasteiger partial charge is 0.0188 e. The monoisotopic (exact) mass is 211 g/mol. The van der Waals surface area contributed by atoms with E-state index >= 15 is 0 Å². The average Bonchev–Trinajstić information content (AvgIpc) is 1.90. The Morgan fingerprint density at radius 1 is 1.57 bits per heavy atom. The van der Waals surface area contributed by atoms with Crippen molar-refractivity contribution < 1.29 is 0 Å². The zero-order chi connectivity index (χ0) is 4.95. The zero-order valence-corrected chi connectivity index (χ0v) is 6.44. The highest BCUT2D eigenvalue weighted by Gasteiger charge is 1.87. The van der Waals surface area contributed by atoms with Crippen molar-refractivity contribution in [3.8, 4) is 0 Å². The molecule has 0 atom stereocenters. The first kappa shape index (κ1) is 5.69. The van der Waals surface area contributed by atoms with Crippen molar-refractivity contribution in [2.24, 2.45) is 0 Å². The Morgan fingerprint density at radius 2 is 2.57 bits per heavy atom. The summed E-state index contributed by atoms with van der Waals surface area (Å²) in [7, 11) is 0. The normalized spacial score (nSPS) is 22.9. The molecule has 42 valence electrons. The van der Waals surface area contributed by atoms with Crippen molar-refractivity contribution >= 4 is 24.7 Å². The van der Waals surface area contributed by atoms with Crippen LogP contribution in [0.25, 0.3) is 0 Å². The molecule has 2 heteroatoms. The summed E-state index contributed by atoms with van der Waals surface area (Å²) in [6.07, 6.45) is 1.41. The molecule has 0 radical (unpaired) electrons. The number of nitrogens with one attached hydrogen (secondary N) is 1. The number of hydrogen-bond donors (Lipinski definition) is 1. The van der Waals surface area contributed by atoms with E-state index in [1.165, 1.54) is 23.9 Å². The fourth-order valence-electron chi connectivity index (χ4n) is 0.557. The van der Waals surface area contributed by atoms with Gasteiger partial charge < -0.3 is 5.32 Å². The van der Waals surface area contributed by atoms with Crippen LogP contribution in [-0.4, -0.2) is 21.5 Å². The van der Waals surface area contributed by atoms with Crippen LogP contribution < -0.4 is 5.32 Å². The molecule has 0 saturated carbocycles. The lowest BCUT2D eigenvalue weighted by atomic mass is 10.5. The van der Waals surface area contributed by atoms with Gasteiger partial charge in [-0.3, -0.25) is 0 Å². The van der Waals surface area contributed by atoms with Crippen LogP contribution in [-0.2, 0) is 0 Å². The topological polar surface area (TPSA) is 12.0 Å². The maximum Gasteiger partial charge on any atom is 0.0188 e. The third-order valence-corrected chi connectivity index (χ3v) is 3.38. The molecule has 0 saturated heterocycles. The van der Waals surface area contributed by atoms with Gasteiger partial charge in [-0.2, -0.15) is 0 Å². The first-order valence-corrected chi connectivity index (χ1v) is 5.37. The molecule has 0 aromatic carbocycles. The fraction of sp³-hybridized carbons (Fsp3) is 0.800. The Bertz CT molecular complexity index is 62.5.